The molecule has 0 atom stereocenters. The number of rotatable bonds is 2. The summed E-state index contributed by atoms with van der Waals surface area (Å²) in [4.78, 5) is 0. The van der Waals surface area contributed by atoms with Crippen molar-refractivity contribution >= 4 is 75.1 Å². The summed E-state index contributed by atoms with van der Waals surface area (Å²) in [7, 11) is 0. The molecule has 0 spiro atoms. The van der Waals surface area contributed by atoms with E-state index >= 15 is 0 Å². The first-order chi connectivity index (χ1) is 21.1. The highest BCUT2D eigenvalue weighted by molar-refractivity contribution is 7.25. The minimum atomic E-state index is 0.678. The van der Waals surface area contributed by atoms with Crippen LogP contribution in [0.5, 0.6) is 0 Å². The lowest BCUT2D eigenvalue weighted by molar-refractivity contribution is 1.18. The predicted molar refractivity (Wildman–Crippen MR) is 182 cm³/mol. The van der Waals surface area contributed by atoms with Crippen molar-refractivity contribution in [2.75, 3.05) is 0 Å². The maximum absolute atomic E-state index is 9.56. The molecule has 3 nitrogen and oxygen atoms in total. The lowest BCUT2D eigenvalue weighted by atomic mass is 10.1. The van der Waals surface area contributed by atoms with Crippen LogP contribution >= 0.6 is 11.3 Å². The van der Waals surface area contributed by atoms with Crippen LogP contribution in [0.1, 0.15) is 16.7 Å². The Hall–Kier alpha value is -5.37. The van der Waals surface area contributed by atoms with Gasteiger partial charge in [0.1, 0.15) is 0 Å². The highest BCUT2D eigenvalue weighted by Crippen LogP contribution is 2.40. The third-order valence-electron chi connectivity index (χ3n) is 8.83. The van der Waals surface area contributed by atoms with Gasteiger partial charge >= 0.3 is 0 Å². The molecule has 6 aromatic carbocycles. The fourth-order valence-electron chi connectivity index (χ4n) is 6.88. The molecule has 0 fully saturated rings. The molecule has 0 saturated carbocycles. The summed E-state index contributed by atoms with van der Waals surface area (Å²) >= 11 is 1.84. The van der Waals surface area contributed by atoms with Crippen molar-refractivity contribution < 1.29 is 0 Å². The quantitative estimate of drug-likeness (QED) is 0.205. The van der Waals surface area contributed by atoms with E-state index < -0.39 is 0 Å². The van der Waals surface area contributed by atoms with Crippen LogP contribution in [-0.4, -0.2) is 9.13 Å². The summed E-state index contributed by atoms with van der Waals surface area (Å²) in [5.41, 5.74) is 10.2. The first-order valence-corrected chi connectivity index (χ1v) is 15.3. The Morgan fingerprint density at radius 1 is 0.488 bits per heavy atom. The van der Waals surface area contributed by atoms with E-state index in [0.29, 0.717) is 5.56 Å². The van der Waals surface area contributed by atoms with Crippen molar-refractivity contribution in [1.82, 2.24) is 9.13 Å². The Balaban J connectivity index is 1.31. The van der Waals surface area contributed by atoms with Crippen LogP contribution in [0.2, 0.25) is 0 Å². The van der Waals surface area contributed by atoms with Gasteiger partial charge in [0, 0.05) is 53.1 Å². The summed E-state index contributed by atoms with van der Waals surface area (Å²) in [6.45, 7) is 4.33. The lowest BCUT2D eigenvalue weighted by Crippen LogP contribution is -1.94. The summed E-state index contributed by atoms with van der Waals surface area (Å²) in [5.74, 6) is 0. The van der Waals surface area contributed by atoms with Crippen molar-refractivity contribution in [1.29, 1.82) is 5.26 Å². The van der Waals surface area contributed by atoms with E-state index in [4.69, 9.17) is 0 Å². The van der Waals surface area contributed by atoms with E-state index in [1.165, 1.54) is 58.8 Å². The number of para-hydroxylation sites is 1. The minimum absolute atomic E-state index is 0.678. The molecule has 0 saturated heterocycles. The number of benzene rings is 6. The average Bonchev–Trinajstić information content (AvgIpc) is 3.67. The van der Waals surface area contributed by atoms with E-state index in [0.717, 1.165) is 27.5 Å². The molecule has 43 heavy (non-hydrogen) atoms. The van der Waals surface area contributed by atoms with E-state index in [2.05, 4.69) is 132 Å². The zero-order chi connectivity index (χ0) is 28.8. The molecular weight excluding hydrogens is 543 g/mol. The zero-order valence-electron chi connectivity index (χ0n) is 23.7. The third kappa shape index (κ3) is 3.46. The van der Waals surface area contributed by atoms with Gasteiger partial charge < -0.3 is 9.13 Å². The van der Waals surface area contributed by atoms with Gasteiger partial charge in [-0.2, -0.15) is 5.26 Å². The Morgan fingerprint density at radius 3 is 1.81 bits per heavy atom. The number of nitrogens with zero attached hydrogens (tertiary/aromatic N) is 3. The minimum Gasteiger partial charge on any atom is -0.309 e. The number of hydrogen-bond acceptors (Lipinski definition) is 2. The number of nitriles is 1. The average molecular weight is 568 g/mol. The fourth-order valence-corrected chi connectivity index (χ4v) is 7.94. The molecule has 0 radical (unpaired) electrons. The van der Waals surface area contributed by atoms with Gasteiger partial charge in [-0.15, -0.1) is 11.3 Å². The van der Waals surface area contributed by atoms with Gasteiger partial charge in [0.05, 0.1) is 33.7 Å². The summed E-state index contributed by atoms with van der Waals surface area (Å²) in [5, 5.41) is 16.9. The molecule has 0 aliphatic carbocycles. The molecule has 3 heterocycles. The topological polar surface area (TPSA) is 33.6 Å². The summed E-state index contributed by atoms with van der Waals surface area (Å²) < 4.78 is 7.31. The van der Waals surface area contributed by atoms with Crippen LogP contribution in [0.15, 0.2) is 115 Å². The molecule has 9 aromatic rings. The number of aryl methyl sites for hydroxylation is 2. The van der Waals surface area contributed by atoms with Crippen LogP contribution in [0.3, 0.4) is 0 Å². The second-order valence-corrected chi connectivity index (χ2v) is 12.6. The van der Waals surface area contributed by atoms with E-state index in [9.17, 15) is 5.26 Å². The van der Waals surface area contributed by atoms with Crippen molar-refractivity contribution in [3.63, 3.8) is 0 Å². The highest BCUT2D eigenvalue weighted by Gasteiger charge is 2.17. The first-order valence-electron chi connectivity index (χ1n) is 14.5. The van der Waals surface area contributed by atoms with E-state index in [1.807, 2.05) is 23.5 Å². The monoisotopic (exact) mass is 567 g/mol. The molecule has 0 N–H and O–H groups in total. The predicted octanol–water partition coefficient (Wildman–Crippen LogP) is 10.7. The van der Waals surface area contributed by atoms with Crippen molar-refractivity contribution in [2.24, 2.45) is 0 Å². The molecule has 4 heteroatoms. The normalized spacial score (nSPS) is 11.9. The largest absolute Gasteiger partial charge is 0.309 e. The lowest BCUT2D eigenvalue weighted by Gasteiger charge is -2.10. The summed E-state index contributed by atoms with van der Waals surface area (Å²) in [6, 6.07) is 44.0. The maximum atomic E-state index is 9.56. The fraction of sp³-hybridized carbons (Fsp3) is 0.0513. The number of fused-ring (bicyclic) bond motifs is 9. The molecule has 0 amide bonds. The van der Waals surface area contributed by atoms with Gasteiger partial charge in [0.15, 0.2) is 0 Å². The van der Waals surface area contributed by atoms with Crippen LogP contribution in [0.25, 0.3) is 75.2 Å². The molecule has 0 aliphatic heterocycles. The molecule has 0 aliphatic rings. The van der Waals surface area contributed by atoms with E-state index in [1.54, 1.807) is 0 Å². The zero-order valence-corrected chi connectivity index (χ0v) is 24.5. The highest BCUT2D eigenvalue weighted by atomic mass is 32.1. The Labute approximate surface area is 252 Å². The van der Waals surface area contributed by atoms with Gasteiger partial charge in [-0.1, -0.05) is 42.0 Å². The van der Waals surface area contributed by atoms with Gasteiger partial charge in [0.2, 0.25) is 0 Å². The third-order valence-corrected chi connectivity index (χ3v) is 9.98. The Morgan fingerprint density at radius 2 is 1.07 bits per heavy atom. The van der Waals surface area contributed by atoms with Crippen LogP contribution in [0.4, 0.5) is 0 Å². The smallest absolute Gasteiger partial charge is 0.0991 e. The molecule has 3 aromatic heterocycles. The molecule has 9 rings (SSSR count). The van der Waals surface area contributed by atoms with Crippen LogP contribution in [-0.2, 0) is 0 Å². The van der Waals surface area contributed by atoms with Crippen molar-refractivity contribution in [3.05, 3.63) is 132 Å². The first kappa shape index (κ1) is 24.2. The molecular formula is C39H25N3S. The van der Waals surface area contributed by atoms with Gasteiger partial charge in [0.25, 0.3) is 0 Å². The van der Waals surface area contributed by atoms with Crippen molar-refractivity contribution in [3.8, 4) is 17.4 Å². The number of hydrogen-bond donors (Lipinski definition) is 0. The van der Waals surface area contributed by atoms with E-state index in [-0.39, 0.29) is 0 Å². The second kappa shape index (κ2) is 8.82. The van der Waals surface area contributed by atoms with Gasteiger partial charge in [-0.05, 0) is 98.3 Å². The van der Waals surface area contributed by atoms with Crippen LogP contribution < -0.4 is 0 Å². The molecule has 0 unspecified atom stereocenters. The van der Waals surface area contributed by atoms with Crippen LogP contribution in [0, 0.1) is 25.2 Å². The number of thiophene rings is 1. The second-order valence-electron chi connectivity index (χ2n) is 11.5. The Kier molecular flexibility index (Phi) is 4.97. The summed E-state index contributed by atoms with van der Waals surface area (Å²) in [6.07, 6.45) is 0. The molecule has 202 valence electrons. The van der Waals surface area contributed by atoms with Crippen molar-refractivity contribution in [2.45, 2.75) is 13.8 Å². The standard InChI is InChI=1S/C39H25N3S/c1-23-8-13-35-30(17-23)29-12-7-24(2)18-37(29)42(35)27-11-16-39-33(21-27)32-20-26(10-15-38(32)43-39)41-34-6-4-3-5-28(34)31-19-25(22-40)9-14-36(31)41/h3-21H,1-2H3. The SMILES string of the molecule is Cc1ccc2c(c1)c1ccc(C)cc1n2-c1ccc2sc3ccc(-n4c5ccccc5c5cc(C#N)ccc54)cc3c2c1. The molecule has 0 bridgehead atoms. The van der Waals surface area contributed by atoms with Gasteiger partial charge in [-0.3, -0.25) is 0 Å². The maximum Gasteiger partial charge on any atom is 0.0991 e. The Bertz CT molecular complexity index is 2660. The van der Waals surface area contributed by atoms with Gasteiger partial charge in [-0.25, -0.2) is 0 Å². The number of aromatic nitrogens is 2.